The summed E-state index contributed by atoms with van der Waals surface area (Å²) in [5, 5.41) is 10.4. The van der Waals surface area contributed by atoms with Crippen molar-refractivity contribution in [2.75, 3.05) is 19.0 Å². The maximum Gasteiger partial charge on any atom is 0.420 e. The van der Waals surface area contributed by atoms with Crippen molar-refractivity contribution in [2.24, 2.45) is 0 Å². The van der Waals surface area contributed by atoms with Gasteiger partial charge in [0.15, 0.2) is 0 Å². The number of aromatic amines is 1. The highest BCUT2D eigenvalue weighted by atomic mass is 127. The number of carbonyl (C=O) groups is 2. The molecule has 0 atom stereocenters. The van der Waals surface area contributed by atoms with Crippen LogP contribution in [0.25, 0.3) is 22.2 Å². The summed E-state index contributed by atoms with van der Waals surface area (Å²) < 4.78 is 1.12. The standard InChI is InChI=1S/C18H17IN4O3/c1-10-15(19)14-8-12(9-20-16(14)21-10)11-4-6-13(7-5-11)23(18(25)26)17(24)22(2)3/h4-9H,1-3H3,(H,20,21)(H,25,26). The van der Waals surface area contributed by atoms with Crippen molar-refractivity contribution >= 4 is 51.4 Å². The summed E-state index contributed by atoms with van der Waals surface area (Å²) in [6.07, 6.45) is 0.445. The highest BCUT2D eigenvalue weighted by Gasteiger charge is 2.24. The predicted molar refractivity (Wildman–Crippen MR) is 109 cm³/mol. The first-order valence-corrected chi connectivity index (χ1v) is 8.86. The molecule has 0 aliphatic rings. The molecule has 3 aromatic rings. The van der Waals surface area contributed by atoms with Crippen molar-refractivity contribution in [2.45, 2.75) is 6.92 Å². The van der Waals surface area contributed by atoms with E-state index in [2.05, 4.69) is 32.6 Å². The largest absolute Gasteiger partial charge is 0.464 e. The van der Waals surface area contributed by atoms with Gasteiger partial charge >= 0.3 is 12.1 Å². The molecule has 0 spiro atoms. The molecule has 7 nitrogen and oxygen atoms in total. The van der Waals surface area contributed by atoms with Crippen molar-refractivity contribution in [1.82, 2.24) is 14.9 Å². The van der Waals surface area contributed by atoms with Gasteiger partial charge in [-0.25, -0.2) is 14.6 Å². The lowest BCUT2D eigenvalue weighted by molar-refractivity contribution is 0.194. The molecule has 0 saturated heterocycles. The smallest absolute Gasteiger partial charge is 0.420 e. The van der Waals surface area contributed by atoms with E-state index in [0.29, 0.717) is 10.6 Å². The van der Waals surface area contributed by atoms with Gasteiger partial charge in [0.25, 0.3) is 0 Å². The molecule has 2 heterocycles. The average Bonchev–Trinajstić information content (AvgIpc) is 2.89. The molecular formula is C18H17IN4O3. The second-order valence-corrected chi connectivity index (χ2v) is 7.10. The van der Waals surface area contributed by atoms with Crippen LogP contribution in [-0.2, 0) is 0 Å². The number of nitrogens with one attached hydrogen (secondary N) is 1. The Balaban J connectivity index is 1.97. The lowest BCUT2D eigenvalue weighted by Gasteiger charge is -2.21. The van der Waals surface area contributed by atoms with E-state index in [0.717, 1.165) is 31.4 Å². The van der Waals surface area contributed by atoms with Gasteiger partial charge in [0.1, 0.15) is 5.65 Å². The molecule has 1 aromatic carbocycles. The first-order chi connectivity index (χ1) is 12.3. The van der Waals surface area contributed by atoms with Gasteiger partial charge in [-0.3, -0.25) is 0 Å². The van der Waals surface area contributed by atoms with Crippen LogP contribution in [0.15, 0.2) is 36.5 Å². The first-order valence-electron chi connectivity index (χ1n) is 7.78. The number of hydrogen-bond acceptors (Lipinski definition) is 3. The number of carboxylic acid groups (broad SMARTS) is 1. The monoisotopic (exact) mass is 464 g/mol. The third-order valence-electron chi connectivity index (χ3n) is 3.98. The van der Waals surface area contributed by atoms with Crippen molar-refractivity contribution < 1.29 is 14.7 Å². The van der Waals surface area contributed by atoms with Gasteiger partial charge in [-0.05, 0) is 53.3 Å². The van der Waals surface area contributed by atoms with E-state index in [4.69, 9.17) is 0 Å². The van der Waals surface area contributed by atoms with Crippen LogP contribution in [0.2, 0.25) is 0 Å². The minimum atomic E-state index is -1.32. The Morgan fingerprint density at radius 1 is 1.15 bits per heavy atom. The van der Waals surface area contributed by atoms with E-state index in [1.54, 1.807) is 30.5 Å². The van der Waals surface area contributed by atoms with Crippen LogP contribution in [0.1, 0.15) is 5.69 Å². The molecule has 134 valence electrons. The number of carbonyl (C=O) groups excluding carboxylic acids is 1. The molecule has 2 aromatic heterocycles. The maximum atomic E-state index is 12.1. The van der Waals surface area contributed by atoms with E-state index in [-0.39, 0.29) is 0 Å². The molecule has 0 aliphatic heterocycles. The third kappa shape index (κ3) is 3.24. The highest BCUT2D eigenvalue weighted by Crippen LogP contribution is 2.29. The molecular weight excluding hydrogens is 447 g/mol. The number of aromatic nitrogens is 2. The molecule has 0 saturated carbocycles. The van der Waals surface area contributed by atoms with Crippen LogP contribution in [0.3, 0.4) is 0 Å². The van der Waals surface area contributed by atoms with Crippen LogP contribution >= 0.6 is 22.6 Å². The van der Waals surface area contributed by atoms with Crippen LogP contribution < -0.4 is 4.90 Å². The van der Waals surface area contributed by atoms with Crippen molar-refractivity contribution in [3.05, 3.63) is 45.8 Å². The SMILES string of the molecule is Cc1[nH]c2ncc(-c3ccc(N(C(=O)O)C(=O)N(C)C)cc3)cc2c1I. The molecule has 2 N–H and O–H groups in total. The van der Waals surface area contributed by atoms with Gasteiger partial charge in [0.05, 0.1) is 5.69 Å². The molecule has 26 heavy (non-hydrogen) atoms. The quantitative estimate of drug-likeness (QED) is 0.554. The zero-order chi connectivity index (χ0) is 19.0. The molecule has 3 rings (SSSR count). The summed E-state index contributed by atoms with van der Waals surface area (Å²) in [4.78, 5) is 33.1. The van der Waals surface area contributed by atoms with E-state index in [1.807, 2.05) is 13.0 Å². The van der Waals surface area contributed by atoms with Gasteiger partial charge in [0.2, 0.25) is 0 Å². The van der Waals surface area contributed by atoms with Crippen molar-refractivity contribution in [1.29, 1.82) is 0 Å². The number of aryl methyl sites for hydroxylation is 1. The number of urea groups is 1. The Hall–Kier alpha value is -2.62. The molecule has 0 bridgehead atoms. The Kier molecular flexibility index (Phi) is 4.86. The zero-order valence-electron chi connectivity index (χ0n) is 14.4. The number of amides is 3. The number of hydrogen-bond donors (Lipinski definition) is 2. The Morgan fingerprint density at radius 3 is 2.38 bits per heavy atom. The number of nitrogens with zero attached hydrogens (tertiary/aromatic N) is 3. The number of rotatable bonds is 2. The minimum absolute atomic E-state index is 0.293. The number of imide groups is 1. The summed E-state index contributed by atoms with van der Waals surface area (Å²) in [7, 11) is 3.02. The van der Waals surface area contributed by atoms with Gasteiger partial charge in [-0.1, -0.05) is 12.1 Å². The van der Waals surface area contributed by atoms with Crippen LogP contribution in [-0.4, -0.2) is 46.2 Å². The predicted octanol–water partition coefficient (Wildman–Crippen LogP) is 4.31. The minimum Gasteiger partial charge on any atom is -0.464 e. The third-order valence-corrected chi connectivity index (χ3v) is 5.37. The Morgan fingerprint density at radius 2 is 1.81 bits per heavy atom. The van der Waals surface area contributed by atoms with Crippen LogP contribution in [0.5, 0.6) is 0 Å². The summed E-state index contributed by atoms with van der Waals surface area (Å²) in [5.74, 6) is 0. The Labute approximate surface area is 163 Å². The van der Waals surface area contributed by atoms with E-state index in [9.17, 15) is 14.7 Å². The summed E-state index contributed by atoms with van der Waals surface area (Å²) in [6, 6.07) is 8.21. The maximum absolute atomic E-state index is 12.1. The molecule has 0 radical (unpaired) electrons. The summed E-state index contributed by atoms with van der Waals surface area (Å²) in [5.41, 5.74) is 4.00. The number of H-pyrrole nitrogens is 1. The fourth-order valence-corrected chi connectivity index (χ4v) is 3.18. The number of benzene rings is 1. The average molecular weight is 464 g/mol. The Bertz CT molecular complexity index is 996. The summed E-state index contributed by atoms with van der Waals surface area (Å²) in [6.45, 7) is 2.00. The molecule has 0 aliphatic carbocycles. The van der Waals surface area contributed by atoms with Crippen molar-refractivity contribution in [3.8, 4) is 11.1 Å². The van der Waals surface area contributed by atoms with Gasteiger partial charge < -0.3 is 15.0 Å². The summed E-state index contributed by atoms with van der Waals surface area (Å²) >= 11 is 2.28. The molecule has 8 heteroatoms. The van der Waals surface area contributed by atoms with Gasteiger partial charge in [-0.15, -0.1) is 0 Å². The molecule has 3 amide bonds. The zero-order valence-corrected chi connectivity index (χ0v) is 16.6. The van der Waals surface area contributed by atoms with Crippen LogP contribution in [0.4, 0.5) is 15.3 Å². The second kappa shape index (κ2) is 6.94. The molecule has 0 fully saturated rings. The van der Waals surface area contributed by atoms with Crippen LogP contribution in [0, 0.1) is 10.5 Å². The number of pyridine rings is 1. The van der Waals surface area contributed by atoms with E-state index < -0.39 is 12.1 Å². The lowest BCUT2D eigenvalue weighted by Crippen LogP contribution is -2.42. The number of halogens is 1. The van der Waals surface area contributed by atoms with Gasteiger partial charge in [0, 0.05) is 40.5 Å². The molecule has 0 unspecified atom stereocenters. The number of fused-ring (bicyclic) bond motifs is 1. The van der Waals surface area contributed by atoms with Crippen molar-refractivity contribution in [3.63, 3.8) is 0 Å². The van der Waals surface area contributed by atoms with E-state index >= 15 is 0 Å². The topological polar surface area (TPSA) is 89.5 Å². The normalized spacial score (nSPS) is 10.8. The fourth-order valence-electron chi connectivity index (χ4n) is 2.63. The van der Waals surface area contributed by atoms with E-state index in [1.165, 1.54) is 19.0 Å². The first kappa shape index (κ1) is 18.2. The lowest BCUT2D eigenvalue weighted by atomic mass is 10.1. The number of anilines is 1. The highest BCUT2D eigenvalue weighted by molar-refractivity contribution is 14.1. The van der Waals surface area contributed by atoms with Gasteiger partial charge in [-0.2, -0.15) is 4.90 Å². The second-order valence-electron chi connectivity index (χ2n) is 6.03. The fraction of sp³-hybridized carbons (Fsp3) is 0.167.